The van der Waals surface area contributed by atoms with Crippen LogP contribution in [0.25, 0.3) is 0 Å². The molecule has 0 radical (unpaired) electrons. The van der Waals surface area contributed by atoms with Gasteiger partial charge in [0, 0.05) is 6.42 Å². The number of rotatable bonds is 7. The first kappa shape index (κ1) is 20.9. The third-order valence-electron chi connectivity index (χ3n) is 5.49. The lowest BCUT2D eigenvalue weighted by Crippen LogP contribution is -2.39. The fourth-order valence-electron chi connectivity index (χ4n) is 3.95. The van der Waals surface area contributed by atoms with Gasteiger partial charge in [-0.05, 0) is 56.9 Å². The Balaban J connectivity index is 1.54. The number of nitrogens with zero attached hydrogens (tertiary/aromatic N) is 2. The number of carbonyl (C=O) groups is 2. The van der Waals surface area contributed by atoms with Crippen molar-refractivity contribution in [3.63, 3.8) is 0 Å². The summed E-state index contributed by atoms with van der Waals surface area (Å²) in [5, 5.41) is 8.98. The summed E-state index contributed by atoms with van der Waals surface area (Å²) in [4.78, 5) is 25.5. The zero-order valence-electron chi connectivity index (χ0n) is 17.6. The molecule has 1 heterocycles. The van der Waals surface area contributed by atoms with E-state index < -0.39 is 12.0 Å². The van der Waals surface area contributed by atoms with E-state index in [9.17, 15) is 9.59 Å². The second kappa shape index (κ2) is 9.64. The molecule has 4 rings (SSSR count). The number of para-hydroxylation sites is 3. The van der Waals surface area contributed by atoms with E-state index in [1.165, 1.54) is 12.8 Å². The van der Waals surface area contributed by atoms with E-state index in [0.717, 1.165) is 18.5 Å². The summed E-state index contributed by atoms with van der Waals surface area (Å²) >= 11 is 0. The Morgan fingerprint density at radius 1 is 1.06 bits per heavy atom. The van der Waals surface area contributed by atoms with Gasteiger partial charge in [-0.15, -0.1) is 0 Å². The van der Waals surface area contributed by atoms with Crippen LogP contribution in [0.3, 0.4) is 0 Å². The molecule has 0 aromatic heterocycles. The van der Waals surface area contributed by atoms with Crippen molar-refractivity contribution in [1.82, 2.24) is 0 Å². The maximum Gasteiger partial charge on any atom is 0.354 e. The minimum Gasteiger partial charge on any atom is -0.488 e. The van der Waals surface area contributed by atoms with Crippen molar-refractivity contribution >= 4 is 29.0 Å². The number of benzene rings is 2. The molecule has 7 nitrogen and oxygen atoms in total. The molecule has 0 saturated heterocycles. The predicted octanol–water partition coefficient (Wildman–Crippen LogP) is 4.14. The number of amides is 1. The number of nitrogens with one attached hydrogen (secondary N) is 1. The molecule has 2 aromatic carbocycles. The van der Waals surface area contributed by atoms with Gasteiger partial charge in [-0.25, -0.2) is 4.79 Å². The van der Waals surface area contributed by atoms with Gasteiger partial charge in [0.25, 0.3) is 0 Å². The molecule has 31 heavy (non-hydrogen) atoms. The van der Waals surface area contributed by atoms with Crippen LogP contribution in [0.4, 0.5) is 11.4 Å². The van der Waals surface area contributed by atoms with Crippen molar-refractivity contribution in [3.05, 3.63) is 54.6 Å². The van der Waals surface area contributed by atoms with Crippen molar-refractivity contribution in [2.45, 2.75) is 51.2 Å². The fraction of sp³-hybridized carbons (Fsp3) is 0.375. The molecular weight excluding hydrogens is 394 g/mol. The summed E-state index contributed by atoms with van der Waals surface area (Å²) in [7, 11) is 0. The number of esters is 1. The first-order chi connectivity index (χ1) is 15.2. The highest BCUT2D eigenvalue weighted by molar-refractivity contribution is 6.38. The standard InChI is InChI=1S/C24H27N3O4/c1-2-30-24(29)20-16-21(27(26-20)17-10-4-3-5-11-17)23(28)25-19-14-8-9-15-22(19)31-18-12-6-7-13-18/h3-5,8-11,14-15,18,21H,2,6-7,12-13,16H2,1H3,(H,25,28). The number of hydrogen-bond acceptors (Lipinski definition) is 6. The smallest absolute Gasteiger partial charge is 0.354 e. The van der Waals surface area contributed by atoms with E-state index in [4.69, 9.17) is 9.47 Å². The molecule has 0 bridgehead atoms. The number of ether oxygens (including phenoxy) is 2. The van der Waals surface area contributed by atoms with Crippen LogP contribution < -0.4 is 15.1 Å². The van der Waals surface area contributed by atoms with Gasteiger partial charge in [0.2, 0.25) is 5.91 Å². The quantitative estimate of drug-likeness (QED) is 0.680. The van der Waals surface area contributed by atoms with E-state index in [1.54, 1.807) is 11.9 Å². The van der Waals surface area contributed by atoms with Crippen LogP contribution in [-0.2, 0) is 14.3 Å². The molecular formula is C24H27N3O4. The lowest BCUT2D eigenvalue weighted by molar-refractivity contribution is -0.135. The summed E-state index contributed by atoms with van der Waals surface area (Å²) in [5.74, 6) is -0.0865. The number of hydrazone groups is 1. The van der Waals surface area contributed by atoms with Gasteiger partial charge in [0.15, 0.2) is 0 Å². The fourth-order valence-corrected chi connectivity index (χ4v) is 3.95. The molecule has 1 aliphatic heterocycles. The molecule has 1 atom stereocenters. The van der Waals surface area contributed by atoms with Crippen molar-refractivity contribution in [1.29, 1.82) is 0 Å². The summed E-state index contributed by atoms with van der Waals surface area (Å²) in [6.45, 7) is 2.00. The molecule has 7 heteroatoms. The molecule has 1 aliphatic carbocycles. The second-order valence-electron chi connectivity index (χ2n) is 7.68. The Labute approximate surface area is 182 Å². The molecule has 2 aliphatic rings. The molecule has 1 N–H and O–H groups in total. The average molecular weight is 421 g/mol. The minimum atomic E-state index is -0.665. The van der Waals surface area contributed by atoms with Crippen LogP contribution in [0.2, 0.25) is 0 Å². The summed E-state index contributed by atoms with van der Waals surface area (Å²) < 4.78 is 11.2. The van der Waals surface area contributed by atoms with Crippen molar-refractivity contribution in [2.24, 2.45) is 5.10 Å². The first-order valence-corrected chi connectivity index (χ1v) is 10.8. The predicted molar refractivity (Wildman–Crippen MR) is 119 cm³/mol. The highest BCUT2D eigenvalue weighted by Gasteiger charge is 2.37. The third kappa shape index (κ3) is 4.87. The van der Waals surface area contributed by atoms with Gasteiger partial charge in [0.1, 0.15) is 17.5 Å². The number of hydrogen-bond donors (Lipinski definition) is 1. The Bertz CT molecular complexity index is 954. The summed E-state index contributed by atoms with van der Waals surface area (Å²) in [6, 6.07) is 16.1. The Morgan fingerprint density at radius 2 is 1.77 bits per heavy atom. The SMILES string of the molecule is CCOC(=O)C1=NN(c2ccccc2)C(C(=O)Nc2ccccc2OC2CCCC2)C1. The van der Waals surface area contributed by atoms with Crippen LogP contribution in [0.5, 0.6) is 5.75 Å². The van der Waals surface area contributed by atoms with E-state index in [0.29, 0.717) is 11.4 Å². The molecule has 162 valence electrons. The highest BCUT2D eigenvalue weighted by Crippen LogP contribution is 2.31. The van der Waals surface area contributed by atoms with Crippen LogP contribution in [0.1, 0.15) is 39.0 Å². The third-order valence-corrected chi connectivity index (χ3v) is 5.49. The lowest BCUT2D eigenvalue weighted by Gasteiger charge is -2.23. The second-order valence-corrected chi connectivity index (χ2v) is 7.68. The number of carbonyl (C=O) groups excluding carboxylic acids is 2. The molecule has 1 unspecified atom stereocenters. The summed E-state index contributed by atoms with van der Waals surface area (Å²) in [6.07, 6.45) is 4.75. The van der Waals surface area contributed by atoms with Crippen LogP contribution >= 0.6 is 0 Å². The molecule has 2 aromatic rings. The van der Waals surface area contributed by atoms with Crippen LogP contribution in [0.15, 0.2) is 59.7 Å². The Hall–Kier alpha value is -3.35. The van der Waals surface area contributed by atoms with Crippen LogP contribution in [0, 0.1) is 0 Å². The average Bonchev–Trinajstić information content (AvgIpc) is 3.46. The normalized spacial score (nSPS) is 18.5. The van der Waals surface area contributed by atoms with Crippen molar-refractivity contribution in [3.8, 4) is 5.75 Å². The van der Waals surface area contributed by atoms with Gasteiger partial charge < -0.3 is 14.8 Å². The van der Waals surface area contributed by atoms with Crippen molar-refractivity contribution < 1.29 is 19.1 Å². The van der Waals surface area contributed by atoms with Gasteiger partial charge in [0.05, 0.1) is 24.1 Å². The first-order valence-electron chi connectivity index (χ1n) is 10.8. The van der Waals surface area contributed by atoms with E-state index in [-0.39, 0.29) is 30.8 Å². The van der Waals surface area contributed by atoms with Crippen molar-refractivity contribution in [2.75, 3.05) is 16.9 Å². The number of anilines is 2. The van der Waals surface area contributed by atoms with Gasteiger partial charge in [-0.1, -0.05) is 30.3 Å². The van der Waals surface area contributed by atoms with E-state index in [2.05, 4.69) is 10.4 Å². The maximum absolute atomic E-state index is 13.3. The maximum atomic E-state index is 13.3. The summed E-state index contributed by atoms with van der Waals surface area (Å²) in [5.41, 5.74) is 1.59. The highest BCUT2D eigenvalue weighted by atomic mass is 16.5. The zero-order chi connectivity index (χ0) is 21.6. The van der Waals surface area contributed by atoms with E-state index >= 15 is 0 Å². The lowest BCUT2D eigenvalue weighted by atomic mass is 10.1. The minimum absolute atomic E-state index is 0.172. The van der Waals surface area contributed by atoms with Gasteiger partial charge in [-0.2, -0.15) is 5.10 Å². The van der Waals surface area contributed by atoms with Gasteiger partial charge >= 0.3 is 5.97 Å². The largest absolute Gasteiger partial charge is 0.488 e. The molecule has 1 amide bonds. The zero-order valence-corrected chi connectivity index (χ0v) is 17.6. The topological polar surface area (TPSA) is 80.2 Å². The van der Waals surface area contributed by atoms with Crippen LogP contribution in [-0.4, -0.2) is 36.3 Å². The Kier molecular flexibility index (Phi) is 6.50. The van der Waals surface area contributed by atoms with Gasteiger partial charge in [-0.3, -0.25) is 9.80 Å². The molecule has 0 spiro atoms. The molecule has 1 saturated carbocycles. The van der Waals surface area contributed by atoms with E-state index in [1.807, 2.05) is 54.6 Å². The Morgan fingerprint density at radius 3 is 2.52 bits per heavy atom. The monoisotopic (exact) mass is 421 g/mol. The molecule has 1 fully saturated rings.